The van der Waals surface area contributed by atoms with Gasteiger partial charge in [-0.1, -0.05) is 12.1 Å². The molecular formula is C16H19FN4O3. The molecule has 1 aromatic heterocycles. The van der Waals surface area contributed by atoms with E-state index in [0.717, 1.165) is 4.57 Å². The zero-order chi connectivity index (χ0) is 17.1. The zero-order valence-electron chi connectivity index (χ0n) is 13.3. The number of hydrogen-bond donors (Lipinski definition) is 2. The van der Waals surface area contributed by atoms with Crippen LogP contribution in [-0.2, 0) is 4.74 Å². The van der Waals surface area contributed by atoms with E-state index in [1.54, 1.807) is 19.1 Å². The summed E-state index contributed by atoms with van der Waals surface area (Å²) < 4.78 is 19.7. The highest BCUT2D eigenvalue weighted by Gasteiger charge is 2.20. The molecule has 0 bridgehead atoms. The first-order chi connectivity index (χ1) is 11.5. The molecule has 2 aromatic rings. The molecule has 1 fully saturated rings. The van der Waals surface area contributed by atoms with Gasteiger partial charge in [-0.05, 0) is 37.5 Å². The molecule has 0 radical (unpaired) electrons. The standard InChI is InChI=1S/C16H19FN4O3/c1-10(11-3-2-4-12(17)9-11)18-14-19-15(22)21(16(23)20-14)13-5-7-24-8-6-13/h2-4,9-10,13H,5-8H2,1H3,(H2,18,19,20,22,23)/t10-/m1/s1. The summed E-state index contributed by atoms with van der Waals surface area (Å²) >= 11 is 0. The van der Waals surface area contributed by atoms with E-state index in [0.29, 0.717) is 31.6 Å². The highest BCUT2D eigenvalue weighted by Crippen LogP contribution is 2.18. The van der Waals surface area contributed by atoms with Crippen LogP contribution in [0.1, 0.15) is 37.4 Å². The van der Waals surface area contributed by atoms with E-state index in [-0.39, 0.29) is 23.8 Å². The molecule has 1 saturated heterocycles. The minimum absolute atomic E-state index is 0.0741. The molecule has 0 aliphatic carbocycles. The van der Waals surface area contributed by atoms with Crippen LogP contribution in [0, 0.1) is 5.82 Å². The van der Waals surface area contributed by atoms with Crippen molar-refractivity contribution in [3.8, 4) is 0 Å². The monoisotopic (exact) mass is 334 g/mol. The average molecular weight is 334 g/mol. The van der Waals surface area contributed by atoms with E-state index in [2.05, 4.69) is 15.3 Å². The Morgan fingerprint density at radius 3 is 2.79 bits per heavy atom. The predicted octanol–water partition coefficient (Wildman–Crippen LogP) is 1.60. The lowest BCUT2D eigenvalue weighted by atomic mass is 10.1. The van der Waals surface area contributed by atoms with Crippen LogP contribution in [0.2, 0.25) is 0 Å². The Bertz CT molecular complexity index is 795. The molecule has 8 heteroatoms. The molecular weight excluding hydrogens is 315 g/mol. The molecule has 2 N–H and O–H groups in total. The highest BCUT2D eigenvalue weighted by atomic mass is 19.1. The van der Waals surface area contributed by atoms with Crippen molar-refractivity contribution in [1.82, 2.24) is 14.5 Å². The first kappa shape index (κ1) is 16.4. The second-order valence-electron chi connectivity index (χ2n) is 5.81. The van der Waals surface area contributed by atoms with Crippen LogP contribution in [-0.4, -0.2) is 27.7 Å². The summed E-state index contributed by atoms with van der Waals surface area (Å²) in [6.07, 6.45) is 1.22. The summed E-state index contributed by atoms with van der Waals surface area (Å²) in [5, 5.41) is 2.93. The van der Waals surface area contributed by atoms with Crippen LogP contribution >= 0.6 is 0 Å². The van der Waals surface area contributed by atoms with Crippen molar-refractivity contribution >= 4 is 5.95 Å². The number of aromatic amines is 1. The van der Waals surface area contributed by atoms with E-state index in [1.165, 1.54) is 12.1 Å². The quantitative estimate of drug-likeness (QED) is 0.886. The average Bonchev–Trinajstić information content (AvgIpc) is 2.55. The third kappa shape index (κ3) is 3.53. The number of nitrogens with zero attached hydrogens (tertiary/aromatic N) is 2. The van der Waals surface area contributed by atoms with Gasteiger partial charge in [-0.2, -0.15) is 4.98 Å². The lowest BCUT2D eigenvalue weighted by Crippen LogP contribution is -2.42. The fourth-order valence-corrected chi connectivity index (χ4v) is 2.82. The van der Waals surface area contributed by atoms with Gasteiger partial charge in [0.15, 0.2) is 0 Å². The molecule has 7 nitrogen and oxygen atoms in total. The van der Waals surface area contributed by atoms with E-state index >= 15 is 0 Å². The van der Waals surface area contributed by atoms with Gasteiger partial charge in [-0.3, -0.25) is 4.98 Å². The van der Waals surface area contributed by atoms with Crippen LogP contribution in [0.5, 0.6) is 0 Å². The molecule has 24 heavy (non-hydrogen) atoms. The number of anilines is 1. The van der Waals surface area contributed by atoms with Crippen molar-refractivity contribution in [3.63, 3.8) is 0 Å². The van der Waals surface area contributed by atoms with Crippen molar-refractivity contribution in [2.24, 2.45) is 0 Å². The van der Waals surface area contributed by atoms with Crippen molar-refractivity contribution in [2.75, 3.05) is 18.5 Å². The molecule has 0 spiro atoms. The van der Waals surface area contributed by atoms with Gasteiger partial charge < -0.3 is 10.1 Å². The number of benzene rings is 1. The summed E-state index contributed by atoms with van der Waals surface area (Å²) in [5.41, 5.74) is -0.415. The molecule has 3 rings (SSSR count). The lowest BCUT2D eigenvalue weighted by Gasteiger charge is -2.23. The smallest absolute Gasteiger partial charge is 0.355 e. The highest BCUT2D eigenvalue weighted by molar-refractivity contribution is 5.30. The van der Waals surface area contributed by atoms with Crippen molar-refractivity contribution in [3.05, 3.63) is 56.6 Å². The van der Waals surface area contributed by atoms with Gasteiger partial charge in [0.05, 0.1) is 6.04 Å². The first-order valence-corrected chi connectivity index (χ1v) is 7.87. The maximum Gasteiger partial charge on any atom is 0.355 e. The van der Waals surface area contributed by atoms with Crippen molar-refractivity contribution in [2.45, 2.75) is 31.8 Å². The maximum absolute atomic E-state index is 13.3. The molecule has 0 amide bonds. The van der Waals surface area contributed by atoms with Gasteiger partial charge in [0.2, 0.25) is 5.95 Å². The largest absolute Gasteiger partial charge is 0.381 e. The Balaban J connectivity index is 1.82. The third-order valence-electron chi connectivity index (χ3n) is 4.12. The van der Waals surface area contributed by atoms with Gasteiger partial charge in [-0.15, -0.1) is 0 Å². The predicted molar refractivity (Wildman–Crippen MR) is 86.6 cm³/mol. The van der Waals surface area contributed by atoms with E-state index < -0.39 is 11.4 Å². The zero-order valence-corrected chi connectivity index (χ0v) is 13.3. The molecule has 2 heterocycles. The second-order valence-corrected chi connectivity index (χ2v) is 5.81. The Morgan fingerprint density at radius 1 is 1.38 bits per heavy atom. The van der Waals surface area contributed by atoms with Crippen molar-refractivity contribution < 1.29 is 9.13 Å². The van der Waals surface area contributed by atoms with Crippen LogP contribution in [0.3, 0.4) is 0 Å². The Kier molecular flexibility index (Phi) is 4.75. The molecule has 1 aliphatic rings. The van der Waals surface area contributed by atoms with E-state index in [4.69, 9.17) is 4.74 Å². The minimum Gasteiger partial charge on any atom is -0.381 e. The van der Waals surface area contributed by atoms with Crippen LogP contribution in [0.4, 0.5) is 10.3 Å². The Morgan fingerprint density at radius 2 is 2.12 bits per heavy atom. The molecule has 0 saturated carbocycles. The maximum atomic E-state index is 13.3. The normalized spacial score (nSPS) is 16.8. The van der Waals surface area contributed by atoms with Crippen LogP contribution in [0.15, 0.2) is 33.9 Å². The van der Waals surface area contributed by atoms with Gasteiger partial charge in [0.25, 0.3) is 0 Å². The second kappa shape index (κ2) is 6.96. The number of aromatic nitrogens is 3. The molecule has 128 valence electrons. The third-order valence-corrected chi connectivity index (χ3v) is 4.12. The Hall–Kier alpha value is -2.48. The lowest BCUT2D eigenvalue weighted by molar-refractivity contribution is 0.0670. The molecule has 1 atom stereocenters. The molecule has 1 aliphatic heterocycles. The van der Waals surface area contributed by atoms with Crippen LogP contribution < -0.4 is 16.7 Å². The van der Waals surface area contributed by atoms with Gasteiger partial charge in [0, 0.05) is 19.3 Å². The SMILES string of the molecule is C[C@@H](Nc1nc(=O)n(C2CCOCC2)c(=O)[nH]1)c1cccc(F)c1. The minimum atomic E-state index is -0.598. The summed E-state index contributed by atoms with van der Waals surface area (Å²) in [5.74, 6) is -0.275. The van der Waals surface area contributed by atoms with E-state index in [9.17, 15) is 14.0 Å². The number of halogens is 1. The summed E-state index contributed by atoms with van der Waals surface area (Å²) in [6, 6.07) is 5.58. The molecule has 0 unspecified atom stereocenters. The topological polar surface area (TPSA) is 89.0 Å². The van der Waals surface area contributed by atoms with Crippen molar-refractivity contribution in [1.29, 1.82) is 0 Å². The van der Waals surface area contributed by atoms with Gasteiger partial charge in [0.1, 0.15) is 5.82 Å². The Labute approximate surface area is 137 Å². The molecule has 1 aromatic carbocycles. The number of rotatable bonds is 4. The summed E-state index contributed by atoms with van der Waals surface area (Å²) in [4.78, 5) is 31.0. The first-order valence-electron chi connectivity index (χ1n) is 7.87. The number of hydrogen-bond acceptors (Lipinski definition) is 5. The summed E-state index contributed by atoms with van der Waals surface area (Å²) in [7, 11) is 0. The number of ether oxygens (including phenoxy) is 1. The summed E-state index contributed by atoms with van der Waals surface area (Å²) in [6.45, 7) is 2.83. The number of nitrogens with one attached hydrogen (secondary N) is 2. The van der Waals surface area contributed by atoms with Gasteiger partial charge >= 0.3 is 11.4 Å². The van der Waals surface area contributed by atoms with E-state index in [1.807, 2.05) is 0 Å². The fraction of sp³-hybridized carbons (Fsp3) is 0.438. The van der Waals surface area contributed by atoms with Crippen LogP contribution in [0.25, 0.3) is 0 Å². The fourth-order valence-electron chi connectivity index (χ4n) is 2.82. The van der Waals surface area contributed by atoms with Gasteiger partial charge in [-0.25, -0.2) is 18.5 Å². The number of H-pyrrole nitrogens is 1.